The van der Waals surface area contributed by atoms with Crippen LogP contribution < -0.4 is 0 Å². The van der Waals surface area contributed by atoms with E-state index in [4.69, 9.17) is 14.9 Å². The van der Waals surface area contributed by atoms with E-state index in [-0.39, 0.29) is 11.5 Å². The average Bonchev–Trinajstić information content (AvgIpc) is 2.98. The standard InChI is InChI=1S/C20H14O4.HNO2/c21-15-9-5-13(6-10-15)20(14-7-11-16(22)12-8-14)18-4-2-1-3-17(18)19(23)24-20;2-1-3/h1-12,21-22H;(H,2,3). The molecule has 0 bridgehead atoms. The largest absolute Gasteiger partial charge is 0.508 e. The normalized spacial score (nSPS) is 13.7. The fourth-order valence-electron chi connectivity index (χ4n) is 3.20. The molecule has 0 atom stereocenters. The van der Waals surface area contributed by atoms with Crippen molar-refractivity contribution in [2.24, 2.45) is 5.34 Å². The van der Waals surface area contributed by atoms with Crippen LogP contribution in [-0.4, -0.2) is 21.4 Å². The highest BCUT2D eigenvalue weighted by atomic mass is 16.6. The lowest BCUT2D eigenvalue weighted by atomic mass is 9.80. The van der Waals surface area contributed by atoms with E-state index in [0.29, 0.717) is 5.56 Å². The van der Waals surface area contributed by atoms with Crippen LogP contribution in [0.5, 0.6) is 11.5 Å². The number of cyclic esters (lactones) is 1. The number of hydrogen-bond donors (Lipinski definition) is 3. The molecule has 3 aromatic rings. The van der Waals surface area contributed by atoms with Gasteiger partial charge in [0.1, 0.15) is 11.5 Å². The molecule has 0 aromatic heterocycles. The molecule has 0 spiro atoms. The van der Waals surface area contributed by atoms with E-state index in [1.54, 1.807) is 60.7 Å². The van der Waals surface area contributed by atoms with Crippen LogP contribution in [0.3, 0.4) is 0 Å². The Morgan fingerprint density at radius 2 is 1.22 bits per heavy atom. The van der Waals surface area contributed by atoms with Crippen molar-refractivity contribution in [3.8, 4) is 11.5 Å². The van der Waals surface area contributed by atoms with Crippen LogP contribution in [0.1, 0.15) is 27.0 Å². The second-order valence-electron chi connectivity index (χ2n) is 5.79. The average molecular weight is 365 g/mol. The number of rotatable bonds is 2. The van der Waals surface area contributed by atoms with E-state index in [2.05, 4.69) is 0 Å². The van der Waals surface area contributed by atoms with Crippen molar-refractivity contribution in [3.63, 3.8) is 0 Å². The van der Waals surface area contributed by atoms with Crippen LogP contribution in [0.25, 0.3) is 0 Å². The van der Waals surface area contributed by atoms with Crippen LogP contribution in [-0.2, 0) is 10.3 Å². The molecule has 1 aliphatic heterocycles. The fraction of sp³-hybridized carbons (Fsp3) is 0.0500. The van der Waals surface area contributed by atoms with Crippen LogP contribution >= 0.6 is 0 Å². The van der Waals surface area contributed by atoms with Crippen LogP contribution in [0.15, 0.2) is 78.1 Å². The second kappa shape index (κ2) is 7.17. The molecule has 0 radical (unpaired) electrons. The van der Waals surface area contributed by atoms with E-state index in [1.165, 1.54) is 5.34 Å². The minimum atomic E-state index is -1.10. The van der Waals surface area contributed by atoms with Gasteiger partial charge in [0.05, 0.1) is 5.56 Å². The number of esters is 1. The molecule has 0 saturated heterocycles. The molecule has 1 aliphatic rings. The number of benzene rings is 3. The Bertz CT molecular complexity index is 921. The maximum absolute atomic E-state index is 12.4. The van der Waals surface area contributed by atoms with Gasteiger partial charge in [-0.3, -0.25) is 0 Å². The quantitative estimate of drug-likeness (QED) is 0.362. The fourth-order valence-corrected chi connectivity index (χ4v) is 3.20. The summed E-state index contributed by atoms with van der Waals surface area (Å²) < 4.78 is 5.87. The predicted octanol–water partition coefficient (Wildman–Crippen LogP) is 3.70. The van der Waals surface area contributed by atoms with Crippen molar-refractivity contribution in [1.29, 1.82) is 0 Å². The number of fused-ring (bicyclic) bond motifs is 1. The number of nitrogens with zero attached hydrogens (tertiary/aromatic N) is 1. The summed E-state index contributed by atoms with van der Waals surface area (Å²) in [5, 5.41) is 27.1. The number of phenolic OH excluding ortho intramolecular Hbond substituents is 2. The Hall–Kier alpha value is -3.87. The Balaban J connectivity index is 0.000000659. The first-order valence-corrected chi connectivity index (χ1v) is 7.91. The van der Waals surface area contributed by atoms with Gasteiger partial charge in [0.2, 0.25) is 0 Å². The second-order valence-corrected chi connectivity index (χ2v) is 5.79. The highest BCUT2D eigenvalue weighted by Crippen LogP contribution is 2.47. The number of carbonyl (C=O) groups is 1. The lowest BCUT2D eigenvalue weighted by molar-refractivity contribution is 0.0251. The summed E-state index contributed by atoms with van der Waals surface area (Å²) in [6, 6.07) is 20.4. The van der Waals surface area contributed by atoms with Crippen LogP contribution in [0, 0.1) is 4.91 Å². The monoisotopic (exact) mass is 365 g/mol. The molecular weight excluding hydrogens is 350 g/mol. The number of aromatic hydroxyl groups is 2. The Kier molecular flexibility index (Phi) is 4.76. The summed E-state index contributed by atoms with van der Waals surface area (Å²) in [5.41, 5.74) is 1.60. The molecule has 27 heavy (non-hydrogen) atoms. The molecule has 136 valence electrons. The summed E-state index contributed by atoms with van der Waals surface area (Å²) in [7, 11) is 0. The van der Waals surface area contributed by atoms with Crippen LogP contribution in [0.2, 0.25) is 0 Å². The van der Waals surface area contributed by atoms with Crippen LogP contribution in [0.4, 0.5) is 0 Å². The van der Waals surface area contributed by atoms with Gasteiger partial charge >= 0.3 is 5.97 Å². The zero-order valence-electron chi connectivity index (χ0n) is 13.9. The number of ether oxygens (including phenoxy) is 1. The van der Waals surface area contributed by atoms with Gasteiger partial charge in [-0.1, -0.05) is 42.5 Å². The Morgan fingerprint density at radius 1 is 0.778 bits per heavy atom. The molecule has 7 heteroatoms. The minimum absolute atomic E-state index is 0.136. The summed E-state index contributed by atoms with van der Waals surface area (Å²) >= 11 is 0. The van der Waals surface area contributed by atoms with Crippen molar-refractivity contribution in [2.75, 3.05) is 0 Å². The van der Waals surface area contributed by atoms with Gasteiger partial charge < -0.3 is 20.2 Å². The smallest absolute Gasteiger partial charge is 0.340 e. The molecule has 0 unspecified atom stereocenters. The molecule has 0 aliphatic carbocycles. The van der Waals surface area contributed by atoms with Gasteiger partial charge in [0.25, 0.3) is 0 Å². The number of hydrogen-bond acceptors (Lipinski definition) is 6. The molecule has 0 fully saturated rings. The molecule has 4 rings (SSSR count). The van der Waals surface area contributed by atoms with Gasteiger partial charge in [0.15, 0.2) is 10.9 Å². The van der Waals surface area contributed by atoms with Crippen molar-refractivity contribution < 1.29 is 25.0 Å². The first-order valence-electron chi connectivity index (χ1n) is 7.91. The van der Waals surface area contributed by atoms with E-state index >= 15 is 0 Å². The molecule has 7 nitrogen and oxygen atoms in total. The van der Waals surface area contributed by atoms with Gasteiger partial charge in [-0.25, -0.2) is 4.79 Å². The predicted molar refractivity (Wildman–Crippen MR) is 95.5 cm³/mol. The topological polar surface area (TPSA) is 116 Å². The lowest BCUT2D eigenvalue weighted by Crippen LogP contribution is -2.29. The third-order valence-electron chi connectivity index (χ3n) is 4.32. The van der Waals surface area contributed by atoms with E-state index in [1.807, 2.05) is 12.1 Å². The lowest BCUT2D eigenvalue weighted by Gasteiger charge is -2.30. The maximum Gasteiger partial charge on any atom is 0.340 e. The highest BCUT2D eigenvalue weighted by molar-refractivity contribution is 5.96. The highest BCUT2D eigenvalue weighted by Gasteiger charge is 2.48. The number of phenols is 2. The summed E-state index contributed by atoms with van der Waals surface area (Å²) in [4.78, 5) is 20.6. The van der Waals surface area contributed by atoms with E-state index in [9.17, 15) is 15.0 Å². The van der Waals surface area contributed by atoms with Gasteiger partial charge in [-0.2, -0.15) is 0 Å². The van der Waals surface area contributed by atoms with Crippen molar-refractivity contribution >= 4 is 5.97 Å². The van der Waals surface area contributed by atoms with Gasteiger partial charge in [-0.15, -0.1) is 4.91 Å². The third-order valence-corrected chi connectivity index (χ3v) is 4.32. The SMILES string of the molecule is O=C1OC(c2ccc(O)cc2)(c2ccc(O)cc2)c2ccccc21.O=NO. The molecule has 3 N–H and O–H groups in total. The Labute approximate surface area is 154 Å². The van der Waals surface area contributed by atoms with Crippen molar-refractivity contribution in [3.05, 3.63) is 100.0 Å². The maximum atomic E-state index is 12.4. The third kappa shape index (κ3) is 3.06. The van der Waals surface area contributed by atoms with E-state index in [0.717, 1.165) is 16.7 Å². The first kappa shape index (κ1) is 17.9. The summed E-state index contributed by atoms with van der Waals surface area (Å²) in [6.07, 6.45) is 0. The summed E-state index contributed by atoms with van der Waals surface area (Å²) in [6.45, 7) is 0. The van der Waals surface area contributed by atoms with Gasteiger partial charge in [0, 0.05) is 16.7 Å². The number of carbonyl (C=O) groups excluding carboxylic acids is 1. The molecular formula is C20H15NO6. The molecule has 0 saturated carbocycles. The zero-order chi connectivity index (χ0) is 19.4. The first-order chi connectivity index (χ1) is 13.0. The molecule has 3 aromatic carbocycles. The zero-order valence-corrected chi connectivity index (χ0v) is 13.9. The van der Waals surface area contributed by atoms with E-state index < -0.39 is 11.6 Å². The van der Waals surface area contributed by atoms with Gasteiger partial charge in [-0.05, 0) is 30.3 Å². The molecule has 0 amide bonds. The Morgan fingerprint density at radius 3 is 1.70 bits per heavy atom. The minimum Gasteiger partial charge on any atom is -0.508 e. The van der Waals surface area contributed by atoms with Crippen molar-refractivity contribution in [2.45, 2.75) is 5.60 Å². The summed E-state index contributed by atoms with van der Waals surface area (Å²) in [5.74, 6) is -0.124. The molecule has 1 heterocycles. The van der Waals surface area contributed by atoms with Crippen molar-refractivity contribution in [1.82, 2.24) is 0 Å².